The molecule has 0 atom stereocenters. The van der Waals surface area contributed by atoms with E-state index in [4.69, 9.17) is 4.18 Å². The van der Waals surface area contributed by atoms with E-state index in [0.29, 0.717) is 11.0 Å². The number of nitrogens with zero attached hydrogens (tertiary/aromatic N) is 3. The van der Waals surface area contributed by atoms with Crippen LogP contribution in [0.2, 0.25) is 0 Å². The van der Waals surface area contributed by atoms with Gasteiger partial charge in [0.15, 0.2) is 0 Å². The molecule has 0 aliphatic rings. The number of benzene rings is 2. The Kier molecular flexibility index (Phi) is 3.21. The Morgan fingerprint density at radius 1 is 0.957 bits per heavy atom. The summed E-state index contributed by atoms with van der Waals surface area (Å²) in [7, 11) is -3.99. The van der Waals surface area contributed by atoms with E-state index < -0.39 is 10.1 Å². The van der Waals surface area contributed by atoms with Crippen molar-refractivity contribution in [1.29, 1.82) is 0 Å². The van der Waals surface area contributed by atoms with Crippen molar-refractivity contribution in [2.45, 2.75) is 4.90 Å². The maximum atomic E-state index is 12.5. The minimum absolute atomic E-state index is 0.00929. The minimum atomic E-state index is -3.99. The van der Waals surface area contributed by atoms with E-state index >= 15 is 0 Å². The molecule has 0 amide bonds. The number of hydrogen-bond acceptors (Lipinski definition) is 7. The fourth-order valence-corrected chi connectivity index (χ4v) is 3.95. The van der Waals surface area contributed by atoms with Crippen LogP contribution in [0.3, 0.4) is 0 Å². The van der Waals surface area contributed by atoms with Crippen molar-refractivity contribution in [2.24, 2.45) is 0 Å². The first-order valence-electron chi connectivity index (χ1n) is 6.64. The fraction of sp³-hybridized carbons (Fsp3) is 0. The highest BCUT2D eigenvalue weighted by Gasteiger charge is 2.22. The molecule has 6 nitrogen and oxygen atoms in total. The molecule has 23 heavy (non-hydrogen) atoms. The van der Waals surface area contributed by atoms with E-state index in [0.717, 1.165) is 22.6 Å². The molecule has 2 aromatic carbocycles. The lowest BCUT2D eigenvalue weighted by Gasteiger charge is -2.08. The highest BCUT2D eigenvalue weighted by molar-refractivity contribution is 7.87. The quantitative estimate of drug-likeness (QED) is 0.532. The molecule has 114 valence electrons. The maximum absolute atomic E-state index is 12.5. The average Bonchev–Trinajstić information content (AvgIpc) is 3.02. The summed E-state index contributed by atoms with van der Waals surface area (Å²) in [6, 6.07) is 13.3. The standard InChI is InChI=1S/C15H9N3O3S2/c19-23(20,14-5-1-4-13-15(14)18-22-17-13)21-11-6-7-12-10(9-11)3-2-8-16-12/h1-9H. The Labute approximate surface area is 135 Å². The highest BCUT2D eigenvalue weighted by atomic mass is 32.2. The molecule has 0 aliphatic carbocycles. The molecule has 0 N–H and O–H groups in total. The van der Waals surface area contributed by atoms with Crippen LogP contribution in [0.25, 0.3) is 21.9 Å². The second kappa shape index (κ2) is 5.25. The van der Waals surface area contributed by atoms with Gasteiger partial charge in [-0.1, -0.05) is 12.1 Å². The minimum Gasteiger partial charge on any atom is -0.379 e. The molecule has 0 bridgehead atoms. The van der Waals surface area contributed by atoms with E-state index in [9.17, 15) is 8.42 Å². The van der Waals surface area contributed by atoms with E-state index in [-0.39, 0.29) is 10.6 Å². The van der Waals surface area contributed by atoms with Gasteiger partial charge in [0, 0.05) is 11.6 Å². The van der Waals surface area contributed by atoms with Gasteiger partial charge in [0.1, 0.15) is 21.7 Å². The normalized spacial score (nSPS) is 11.8. The second-order valence-electron chi connectivity index (χ2n) is 4.78. The van der Waals surface area contributed by atoms with Gasteiger partial charge < -0.3 is 4.18 Å². The third-order valence-electron chi connectivity index (χ3n) is 3.30. The molecule has 8 heteroatoms. The van der Waals surface area contributed by atoms with Crippen molar-refractivity contribution in [1.82, 2.24) is 13.7 Å². The molecule has 4 rings (SSSR count). The SMILES string of the molecule is O=S(=O)(Oc1ccc2ncccc2c1)c1cccc2nsnc12. The number of hydrogen-bond donors (Lipinski definition) is 0. The van der Waals surface area contributed by atoms with Crippen LogP contribution < -0.4 is 4.18 Å². The van der Waals surface area contributed by atoms with Gasteiger partial charge >= 0.3 is 10.1 Å². The van der Waals surface area contributed by atoms with Gasteiger partial charge in [-0.2, -0.15) is 17.2 Å². The van der Waals surface area contributed by atoms with Crippen LogP contribution in [0.15, 0.2) is 59.6 Å². The lowest BCUT2D eigenvalue weighted by Crippen LogP contribution is -2.10. The number of aromatic nitrogens is 3. The van der Waals surface area contributed by atoms with Crippen LogP contribution in [-0.2, 0) is 10.1 Å². The van der Waals surface area contributed by atoms with Crippen LogP contribution in [0.5, 0.6) is 5.75 Å². The zero-order chi connectivity index (χ0) is 15.9. The molecular weight excluding hydrogens is 334 g/mol. The molecular formula is C15H9N3O3S2. The molecule has 0 saturated heterocycles. The van der Waals surface area contributed by atoms with E-state index in [1.807, 2.05) is 6.07 Å². The van der Waals surface area contributed by atoms with Gasteiger partial charge in [-0.3, -0.25) is 4.98 Å². The Balaban J connectivity index is 1.78. The van der Waals surface area contributed by atoms with Crippen LogP contribution in [0.1, 0.15) is 0 Å². The molecule has 0 saturated carbocycles. The summed E-state index contributed by atoms with van der Waals surface area (Å²) in [5.74, 6) is 0.227. The molecule has 0 aliphatic heterocycles. The fourth-order valence-electron chi connectivity index (χ4n) is 2.26. The van der Waals surface area contributed by atoms with Crippen molar-refractivity contribution < 1.29 is 12.6 Å². The van der Waals surface area contributed by atoms with E-state index in [1.165, 1.54) is 6.07 Å². The van der Waals surface area contributed by atoms with Gasteiger partial charge in [-0.25, -0.2) is 0 Å². The summed E-state index contributed by atoms with van der Waals surface area (Å²) in [5, 5.41) is 0.800. The maximum Gasteiger partial charge on any atom is 0.341 e. The molecule has 4 aromatic rings. The summed E-state index contributed by atoms with van der Waals surface area (Å²) >= 11 is 0.963. The van der Waals surface area contributed by atoms with Crippen LogP contribution >= 0.6 is 11.7 Å². The Morgan fingerprint density at radius 3 is 2.78 bits per heavy atom. The number of rotatable bonds is 3. The second-order valence-corrected chi connectivity index (χ2v) is 6.83. The van der Waals surface area contributed by atoms with Crippen molar-refractivity contribution in [3.05, 3.63) is 54.7 Å². The Hall–Kier alpha value is -2.58. The molecule has 0 radical (unpaired) electrons. The largest absolute Gasteiger partial charge is 0.379 e. The lowest BCUT2D eigenvalue weighted by molar-refractivity contribution is 0.487. The van der Waals surface area contributed by atoms with Crippen LogP contribution in [-0.4, -0.2) is 22.1 Å². The number of fused-ring (bicyclic) bond motifs is 2. The van der Waals surface area contributed by atoms with Crippen molar-refractivity contribution in [2.75, 3.05) is 0 Å². The summed E-state index contributed by atoms with van der Waals surface area (Å²) in [6.45, 7) is 0. The predicted octanol–water partition coefficient (Wildman–Crippen LogP) is 3.01. The summed E-state index contributed by atoms with van der Waals surface area (Å²) in [6.07, 6.45) is 1.68. The zero-order valence-electron chi connectivity index (χ0n) is 11.6. The molecule has 2 heterocycles. The molecule has 0 unspecified atom stereocenters. The average molecular weight is 343 g/mol. The van der Waals surface area contributed by atoms with Crippen molar-refractivity contribution in [3.8, 4) is 5.75 Å². The topological polar surface area (TPSA) is 82.0 Å². The van der Waals surface area contributed by atoms with Gasteiger partial charge in [0.25, 0.3) is 0 Å². The molecule has 2 aromatic heterocycles. The lowest BCUT2D eigenvalue weighted by atomic mass is 10.2. The first-order valence-corrected chi connectivity index (χ1v) is 8.78. The number of pyridine rings is 1. The monoisotopic (exact) mass is 343 g/mol. The van der Waals surface area contributed by atoms with E-state index in [1.54, 1.807) is 42.6 Å². The molecule has 0 spiro atoms. The Morgan fingerprint density at radius 2 is 1.87 bits per heavy atom. The van der Waals surface area contributed by atoms with Gasteiger partial charge in [0.2, 0.25) is 0 Å². The van der Waals surface area contributed by atoms with Crippen LogP contribution in [0.4, 0.5) is 0 Å². The summed E-state index contributed by atoms with van der Waals surface area (Å²) in [4.78, 5) is 4.20. The van der Waals surface area contributed by atoms with Gasteiger partial charge in [-0.05, 0) is 36.4 Å². The van der Waals surface area contributed by atoms with Gasteiger partial charge in [0.05, 0.1) is 17.2 Å². The molecule has 0 fully saturated rings. The predicted molar refractivity (Wildman–Crippen MR) is 87.0 cm³/mol. The van der Waals surface area contributed by atoms with Crippen molar-refractivity contribution >= 4 is 43.8 Å². The highest BCUT2D eigenvalue weighted by Crippen LogP contribution is 2.26. The third kappa shape index (κ3) is 2.51. The summed E-state index contributed by atoms with van der Waals surface area (Å²) in [5.41, 5.74) is 1.62. The Bertz CT molecular complexity index is 1120. The van der Waals surface area contributed by atoms with E-state index in [2.05, 4.69) is 13.7 Å². The van der Waals surface area contributed by atoms with Crippen LogP contribution in [0, 0.1) is 0 Å². The third-order valence-corrected chi connectivity index (χ3v) is 5.12. The van der Waals surface area contributed by atoms with Gasteiger partial charge in [-0.15, -0.1) is 0 Å². The summed E-state index contributed by atoms with van der Waals surface area (Å²) < 4.78 is 38.4. The first kappa shape index (κ1) is 14.0. The zero-order valence-corrected chi connectivity index (χ0v) is 13.2. The van der Waals surface area contributed by atoms with Crippen molar-refractivity contribution in [3.63, 3.8) is 0 Å². The smallest absolute Gasteiger partial charge is 0.341 e. The first-order chi connectivity index (χ1) is 11.1.